The van der Waals surface area contributed by atoms with Crippen LogP contribution in [0.4, 0.5) is 11.5 Å². The minimum absolute atomic E-state index is 0.0932. The van der Waals surface area contributed by atoms with Crippen LogP contribution in [0.1, 0.15) is 0 Å². The van der Waals surface area contributed by atoms with E-state index >= 15 is 0 Å². The lowest BCUT2D eigenvalue weighted by atomic mass is 10.1. The number of aliphatic imine (C=N–C) groups is 2. The van der Waals surface area contributed by atoms with Gasteiger partial charge in [0.2, 0.25) is 0 Å². The number of pyridine rings is 1. The van der Waals surface area contributed by atoms with E-state index in [-0.39, 0.29) is 5.76 Å². The van der Waals surface area contributed by atoms with Crippen molar-refractivity contribution in [2.24, 2.45) is 9.98 Å². The first-order valence-corrected chi connectivity index (χ1v) is 9.94. The SMILES string of the molecule is C[N+]1(C)CCN(c2nn3ccccc3c2/N=C2\C=C3OCCN=C3C=C2O)CC1. The molecule has 8 heteroatoms. The van der Waals surface area contributed by atoms with E-state index in [4.69, 9.17) is 14.8 Å². The second-order valence-corrected chi connectivity index (χ2v) is 8.22. The molecule has 1 aliphatic carbocycles. The van der Waals surface area contributed by atoms with Crippen molar-refractivity contribution in [1.82, 2.24) is 9.61 Å². The van der Waals surface area contributed by atoms with Crippen molar-refractivity contribution in [3.8, 4) is 0 Å². The summed E-state index contributed by atoms with van der Waals surface area (Å²) in [5.41, 5.74) is 2.81. The van der Waals surface area contributed by atoms with Gasteiger partial charge in [-0.25, -0.2) is 9.51 Å². The molecule has 0 radical (unpaired) electrons. The van der Waals surface area contributed by atoms with Crippen LogP contribution < -0.4 is 4.90 Å². The van der Waals surface area contributed by atoms with Crippen LogP contribution in [-0.2, 0) is 4.74 Å². The molecule has 0 bridgehead atoms. The molecule has 2 aromatic rings. The number of hydrogen-bond donors (Lipinski definition) is 1. The molecular weight excluding hydrogens is 368 g/mol. The van der Waals surface area contributed by atoms with Crippen LogP contribution >= 0.6 is 0 Å². The number of aromatic nitrogens is 2. The molecule has 0 spiro atoms. The van der Waals surface area contributed by atoms with Gasteiger partial charge >= 0.3 is 0 Å². The van der Waals surface area contributed by atoms with Crippen molar-refractivity contribution in [1.29, 1.82) is 0 Å². The zero-order valence-electron chi connectivity index (χ0n) is 16.7. The van der Waals surface area contributed by atoms with E-state index < -0.39 is 0 Å². The van der Waals surface area contributed by atoms with Gasteiger partial charge in [-0.1, -0.05) is 6.07 Å². The van der Waals surface area contributed by atoms with Gasteiger partial charge in [-0.15, -0.1) is 5.10 Å². The Labute approximate surface area is 169 Å². The molecule has 1 saturated heterocycles. The molecule has 2 aliphatic heterocycles. The third-order valence-corrected chi connectivity index (χ3v) is 5.67. The first kappa shape index (κ1) is 17.9. The van der Waals surface area contributed by atoms with Crippen molar-refractivity contribution in [3.05, 3.63) is 48.1 Å². The van der Waals surface area contributed by atoms with E-state index in [1.165, 1.54) is 0 Å². The first-order chi connectivity index (χ1) is 14.0. The van der Waals surface area contributed by atoms with Gasteiger partial charge in [0.15, 0.2) is 5.82 Å². The second-order valence-electron chi connectivity index (χ2n) is 8.22. The minimum atomic E-state index is 0.0932. The third-order valence-electron chi connectivity index (χ3n) is 5.67. The third kappa shape index (κ3) is 3.29. The van der Waals surface area contributed by atoms with E-state index in [0.717, 1.165) is 47.7 Å². The number of aliphatic hydroxyl groups is 1. The van der Waals surface area contributed by atoms with E-state index in [1.807, 2.05) is 28.9 Å². The lowest BCUT2D eigenvalue weighted by Gasteiger charge is -2.39. The first-order valence-electron chi connectivity index (χ1n) is 9.94. The molecule has 5 rings (SSSR count). The summed E-state index contributed by atoms with van der Waals surface area (Å²) in [6.45, 7) is 5.07. The van der Waals surface area contributed by atoms with Gasteiger partial charge in [-0.05, 0) is 12.1 Å². The molecule has 0 atom stereocenters. The van der Waals surface area contributed by atoms with Crippen LogP contribution in [-0.4, -0.2) is 84.1 Å². The van der Waals surface area contributed by atoms with Crippen LogP contribution in [0.25, 0.3) is 5.52 Å². The maximum atomic E-state index is 10.6. The number of piperazine rings is 1. The molecule has 150 valence electrons. The van der Waals surface area contributed by atoms with Crippen LogP contribution in [0.5, 0.6) is 0 Å². The Morgan fingerprint density at radius 3 is 2.83 bits per heavy atom. The van der Waals surface area contributed by atoms with Gasteiger partial charge in [0.1, 0.15) is 35.2 Å². The Kier molecular flexibility index (Phi) is 4.16. The molecule has 0 aromatic carbocycles. The maximum Gasteiger partial charge on any atom is 0.178 e. The number of likely N-dealkylation sites (N-methyl/N-ethyl adjacent to an activating group) is 1. The average Bonchev–Trinajstić information content (AvgIpc) is 3.07. The number of rotatable bonds is 2. The van der Waals surface area contributed by atoms with Crippen LogP contribution in [0.3, 0.4) is 0 Å². The fourth-order valence-corrected chi connectivity index (χ4v) is 3.83. The molecule has 4 heterocycles. The predicted octanol–water partition coefficient (Wildman–Crippen LogP) is 2.11. The molecule has 3 aliphatic rings. The molecule has 0 unspecified atom stereocenters. The Bertz CT molecular complexity index is 1080. The number of quaternary nitrogens is 1. The van der Waals surface area contributed by atoms with Crippen LogP contribution in [0.15, 0.2) is 58.1 Å². The highest BCUT2D eigenvalue weighted by atomic mass is 16.5. The lowest BCUT2D eigenvalue weighted by molar-refractivity contribution is -0.890. The number of ether oxygens (including phenoxy) is 1. The Morgan fingerprint density at radius 2 is 2.00 bits per heavy atom. The number of hydrogen-bond acceptors (Lipinski definition) is 6. The summed E-state index contributed by atoms with van der Waals surface area (Å²) < 4.78 is 8.55. The normalized spacial score (nSPS) is 22.6. The van der Waals surface area contributed by atoms with Gasteiger partial charge in [0.05, 0.1) is 52.3 Å². The van der Waals surface area contributed by atoms with E-state index in [9.17, 15) is 5.11 Å². The molecule has 0 saturated carbocycles. The van der Waals surface area contributed by atoms with Crippen LogP contribution in [0.2, 0.25) is 0 Å². The summed E-state index contributed by atoms with van der Waals surface area (Å²) in [4.78, 5) is 11.5. The Balaban J connectivity index is 1.59. The van der Waals surface area contributed by atoms with E-state index in [0.29, 0.717) is 30.3 Å². The molecule has 2 aromatic heterocycles. The number of allylic oxidation sites excluding steroid dienone is 2. The summed E-state index contributed by atoms with van der Waals surface area (Å²) >= 11 is 0. The largest absolute Gasteiger partial charge is 0.506 e. The Morgan fingerprint density at radius 1 is 1.17 bits per heavy atom. The summed E-state index contributed by atoms with van der Waals surface area (Å²) in [5.74, 6) is 1.59. The second kappa shape index (κ2) is 6.73. The summed E-state index contributed by atoms with van der Waals surface area (Å²) in [6.07, 6.45) is 5.32. The number of nitrogens with zero attached hydrogens (tertiary/aromatic N) is 6. The van der Waals surface area contributed by atoms with E-state index in [1.54, 1.807) is 12.2 Å². The number of fused-ring (bicyclic) bond motifs is 2. The fourth-order valence-electron chi connectivity index (χ4n) is 3.83. The summed E-state index contributed by atoms with van der Waals surface area (Å²) in [6, 6.07) is 5.93. The molecule has 29 heavy (non-hydrogen) atoms. The van der Waals surface area contributed by atoms with Gasteiger partial charge < -0.3 is 19.2 Å². The fraction of sp³-hybridized carbons (Fsp3) is 0.381. The van der Waals surface area contributed by atoms with Gasteiger partial charge in [-0.3, -0.25) is 4.99 Å². The quantitative estimate of drug-likeness (QED) is 0.626. The van der Waals surface area contributed by atoms with Crippen LogP contribution in [0, 0.1) is 0 Å². The molecule has 1 N–H and O–H groups in total. The topological polar surface area (TPSA) is 74.7 Å². The lowest BCUT2D eigenvalue weighted by Crippen LogP contribution is -2.55. The van der Waals surface area contributed by atoms with Crippen molar-refractivity contribution >= 4 is 28.4 Å². The van der Waals surface area contributed by atoms with Crippen molar-refractivity contribution < 1.29 is 14.3 Å². The smallest absolute Gasteiger partial charge is 0.178 e. The number of anilines is 1. The summed E-state index contributed by atoms with van der Waals surface area (Å²) in [5, 5.41) is 15.4. The number of aliphatic hydroxyl groups excluding tert-OH is 1. The van der Waals surface area contributed by atoms with Crippen molar-refractivity contribution in [2.75, 3.05) is 58.3 Å². The highest BCUT2D eigenvalue weighted by Crippen LogP contribution is 2.34. The minimum Gasteiger partial charge on any atom is -0.506 e. The van der Waals surface area contributed by atoms with E-state index in [2.05, 4.69) is 24.0 Å². The molecule has 0 amide bonds. The van der Waals surface area contributed by atoms with Crippen molar-refractivity contribution in [3.63, 3.8) is 0 Å². The molecule has 8 nitrogen and oxygen atoms in total. The zero-order valence-corrected chi connectivity index (χ0v) is 16.7. The monoisotopic (exact) mass is 393 g/mol. The molecule has 1 fully saturated rings. The highest BCUT2D eigenvalue weighted by Gasteiger charge is 2.29. The summed E-state index contributed by atoms with van der Waals surface area (Å²) in [7, 11) is 4.50. The predicted molar refractivity (Wildman–Crippen MR) is 113 cm³/mol. The Hall–Kier alpha value is -3.13. The van der Waals surface area contributed by atoms with Gasteiger partial charge in [0, 0.05) is 18.3 Å². The molecular formula is C21H25N6O2+. The highest BCUT2D eigenvalue weighted by molar-refractivity contribution is 6.23. The van der Waals surface area contributed by atoms with Crippen molar-refractivity contribution in [2.45, 2.75) is 0 Å². The zero-order chi connectivity index (χ0) is 20.0. The maximum absolute atomic E-state index is 10.6. The van der Waals surface area contributed by atoms with Gasteiger partial charge in [0.25, 0.3) is 0 Å². The van der Waals surface area contributed by atoms with Gasteiger partial charge in [-0.2, -0.15) is 0 Å². The average molecular weight is 393 g/mol. The standard InChI is InChI=1S/C21H24N6O2/c1-27(2)10-8-25(9-11-27)21-20(17-5-3-4-7-26(17)24-21)23-15-14-19-16(13-18(15)28)22-6-12-29-19/h3-5,7,13-14H,6,8-12H2,1-2H3/p+1/b23-15+.